The molecule has 3 nitrogen and oxygen atoms in total. The molecule has 0 radical (unpaired) electrons. The molecule has 0 aliphatic heterocycles. The molecular formula is C12H16BrN3. The number of anilines is 1. The summed E-state index contributed by atoms with van der Waals surface area (Å²) in [6.07, 6.45) is 3.61. The molecule has 0 atom stereocenters. The van der Waals surface area contributed by atoms with E-state index in [0.717, 1.165) is 28.5 Å². The zero-order valence-corrected chi connectivity index (χ0v) is 11.0. The molecule has 2 aromatic rings. The van der Waals surface area contributed by atoms with Crippen LogP contribution in [0.1, 0.15) is 26.2 Å². The third-order valence-electron chi connectivity index (χ3n) is 2.73. The van der Waals surface area contributed by atoms with Gasteiger partial charge in [0.15, 0.2) is 0 Å². The molecule has 2 rings (SSSR count). The van der Waals surface area contributed by atoms with Gasteiger partial charge in [0.2, 0.25) is 5.95 Å². The van der Waals surface area contributed by atoms with Gasteiger partial charge in [0, 0.05) is 11.0 Å². The van der Waals surface area contributed by atoms with Gasteiger partial charge < -0.3 is 10.3 Å². The van der Waals surface area contributed by atoms with Crippen LogP contribution in [-0.2, 0) is 6.54 Å². The molecule has 0 amide bonds. The summed E-state index contributed by atoms with van der Waals surface area (Å²) < 4.78 is 3.13. The van der Waals surface area contributed by atoms with E-state index in [1.807, 2.05) is 12.1 Å². The predicted molar refractivity (Wildman–Crippen MR) is 71.4 cm³/mol. The quantitative estimate of drug-likeness (QED) is 0.871. The molecule has 1 aromatic heterocycles. The van der Waals surface area contributed by atoms with E-state index in [1.54, 1.807) is 0 Å². The maximum atomic E-state index is 5.92. The Hall–Kier alpha value is -1.03. The number of rotatable bonds is 4. The van der Waals surface area contributed by atoms with Crippen LogP contribution >= 0.6 is 15.9 Å². The topological polar surface area (TPSA) is 43.8 Å². The molecule has 0 aliphatic carbocycles. The molecule has 4 heteroatoms. The average molecular weight is 282 g/mol. The molecule has 0 fully saturated rings. The Balaban J connectivity index is 2.32. The third kappa shape index (κ3) is 2.21. The number of nitrogens with two attached hydrogens (primary N) is 1. The first-order chi connectivity index (χ1) is 7.72. The number of unbranched alkanes of at least 4 members (excludes halogenated alkanes) is 2. The van der Waals surface area contributed by atoms with Crippen molar-refractivity contribution < 1.29 is 0 Å². The number of nitrogens with zero attached hydrogens (tertiary/aromatic N) is 2. The minimum absolute atomic E-state index is 0.615. The van der Waals surface area contributed by atoms with Crippen LogP contribution in [-0.4, -0.2) is 9.55 Å². The lowest BCUT2D eigenvalue weighted by Gasteiger charge is -2.05. The van der Waals surface area contributed by atoms with Gasteiger partial charge in [0.25, 0.3) is 0 Å². The van der Waals surface area contributed by atoms with E-state index in [0.29, 0.717) is 5.95 Å². The number of imidazole rings is 1. The highest BCUT2D eigenvalue weighted by Gasteiger charge is 2.07. The molecule has 0 bridgehead atoms. The minimum Gasteiger partial charge on any atom is -0.369 e. The van der Waals surface area contributed by atoms with Crippen molar-refractivity contribution in [2.24, 2.45) is 0 Å². The fourth-order valence-corrected chi connectivity index (χ4v) is 2.23. The number of benzene rings is 1. The van der Waals surface area contributed by atoms with Crippen molar-refractivity contribution in [2.45, 2.75) is 32.7 Å². The van der Waals surface area contributed by atoms with Gasteiger partial charge in [0.1, 0.15) is 0 Å². The molecule has 16 heavy (non-hydrogen) atoms. The van der Waals surface area contributed by atoms with Gasteiger partial charge in [-0.2, -0.15) is 0 Å². The molecule has 0 unspecified atom stereocenters. The summed E-state index contributed by atoms with van der Waals surface area (Å²) in [5.74, 6) is 0.615. The molecule has 0 spiro atoms. The number of hydrogen-bond acceptors (Lipinski definition) is 2. The first-order valence-corrected chi connectivity index (χ1v) is 6.43. The molecule has 0 saturated heterocycles. The minimum atomic E-state index is 0.615. The molecule has 1 aromatic carbocycles. The summed E-state index contributed by atoms with van der Waals surface area (Å²) in [7, 11) is 0. The van der Waals surface area contributed by atoms with Crippen LogP contribution in [0.5, 0.6) is 0 Å². The van der Waals surface area contributed by atoms with Crippen molar-refractivity contribution in [2.75, 3.05) is 5.73 Å². The molecule has 0 aliphatic rings. The van der Waals surface area contributed by atoms with Crippen LogP contribution in [0.15, 0.2) is 22.7 Å². The van der Waals surface area contributed by atoms with Crippen molar-refractivity contribution in [3.05, 3.63) is 22.7 Å². The lowest BCUT2D eigenvalue weighted by atomic mass is 10.2. The van der Waals surface area contributed by atoms with Gasteiger partial charge in [-0.15, -0.1) is 0 Å². The average Bonchev–Trinajstić information content (AvgIpc) is 2.55. The van der Waals surface area contributed by atoms with Crippen LogP contribution in [0, 0.1) is 0 Å². The number of aromatic nitrogens is 2. The highest BCUT2D eigenvalue weighted by Crippen LogP contribution is 2.22. The van der Waals surface area contributed by atoms with Gasteiger partial charge in [0.05, 0.1) is 11.0 Å². The number of fused-ring (bicyclic) bond motifs is 1. The normalized spacial score (nSPS) is 11.1. The Morgan fingerprint density at radius 3 is 2.94 bits per heavy atom. The van der Waals surface area contributed by atoms with E-state index in [4.69, 9.17) is 5.73 Å². The molecular weight excluding hydrogens is 266 g/mol. The summed E-state index contributed by atoms with van der Waals surface area (Å²) in [5.41, 5.74) is 8.01. The number of aryl methyl sites for hydroxylation is 1. The van der Waals surface area contributed by atoms with Crippen LogP contribution in [0.2, 0.25) is 0 Å². The highest BCUT2D eigenvalue weighted by molar-refractivity contribution is 9.10. The smallest absolute Gasteiger partial charge is 0.201 e. The van der Waals surface area contributed by atoms with Gasteiger partial charge in [-0.1, -0.05) is 35.7 Å². The van der Waals surface area contributed by atoms with E-state index >= 15 is 0 Å². The van der Waals surface area contributed by atoms with E-state index < -0.39 is 0 Å². The fraction of sp³-hybridized carbons (Fsp3) is 0.417. The van der Waals surface area contributed by atoms with Crippen LogP contribution < -0.4 is 5.73 Å². The second kappa shape index (κ2) is 4.87. The summed E-state index contributed by atoms with van der Waals surface area (Å²) >= 11 is 3.44. The SMILES string of the molecule is CCCCCn1c(N)nc2cc(Br)ccc21. The van der Waals surface area contributed by atoms with E-state index in [-0.39, 0.29) is 0 Å². The van der Waals surface area contributed by atoms with Crippen LogP contribution in [0.4, 0.5) is 5.95 Å². The molecule has 86 valence electrons. The van der Waals surface area contributed by atoms with Gasteiger partial charge >= 0.3 is 0 Å². The highest BCUT2D eigenvalue weighted by atomic mass is 79.9. The van der Waals surface area contributed by atoms with E-state index in [9.17, 15) is 0 Å². The Morgan fingerprint density at radius 2 is 2.19 bits per heavy atom. The summed E-state index contributed by atoms with van der Waals surface area (Å²) in [4.78, 5) is 4.36. The van der Waals surface area contributed by atoms with E-state index in [2.05, 4.69) is 38.5 Å². The summed E-state index contributed by atoms with van der Waals surface area (Å²) in [6, 6.07) is 6.09. The molecule has 2 N–H and O–H groups in total. The second-order valence-corrected chi connectivity index (χ2v) is 4.88. The van der Waals surface area contributed by atoms with E-state index in [1.165, 1.54) is 12.8 Å². The maximum absolute atomic E-state index is 5.92. The van der Waals surface area contributed by atoms with Crippen molar-refractivity contribution in [1.29, 1.82) is 0 Å². The Bertz CT molecular complexity index is 490. The number of nitrogen functional groups attached to an aromatic ring is 1. The van der Waals surface area contributed by atoms with Crippen molar-refractivity contribution in [3.63, 3.8) is 0 Å². The van der Waals surface area contributed by atoms with Gasteiger partial charge in [-0.3, -0.25) is 0 Å². The Morgan fingerprint density at radius 1 is 1.38 bits per heavy atom. The summed E-state index contributed by atoms with van der Waals surface area (Å²) in [5, 5.41) is 0. The molecule has 1 heterocycles. The van der Waals surface area contributed by atoms with Gasteiger partial charge in [-0.05, 0) is 24.6 Å². The number of halogens is 1. The summed E-state index contributed by atoms with van der Waals surface area (Å²) in [6.45, 7) is 3.16. The zero-order valence-electron chi connectivity index (χ0n) is 9.41. The second-order valence-electron chi connectivity index (χ2n) is 3.96. The largest absolute Gasteiger partial charge is 0.369 e. The number of hydrogen-bond donors (Lipinski definition) is 1. The zero-order chi connectivity index (χ0) is 11.5. The first kappa shape index (κ1) is 11.5. The predicted octanol–water partition coefficient (Wildman–Crippen LogP) is 3.57. The van der Waals surface area contributed by atoms with Crippen LogP contribution in [0.3, 0.4) is 0 Å². The van der Waals surface area contributed by atoms with Crippen molar-refractivity contribution in [3.8, 4) is 0 Å². The Kier molecular flexibility index (Phi) is 3.49. The lowest BCUT2D eigenvalue weighted by Crippen LogP contribution is -2.03. The maximum Gasteiger partial charge on any atom is 0.201 e. The third-order valence-corrected chi connectivity index (χ3v) is 3.22. The van der Waals surface area contributed by atoms with Gasteiger partial charge in [-0.25, -0.2) is 4.98 Å². The molecule has 0 saturated carbocycles. The standard InChI is InChI=1S/C12H16BrN3/c1-2-3-4-7-16-11-6-5-9(13)8-10(11)15-12(16)14/h5-6,8H,2-4,7H2,1H3,(H2,14,15). The van der Waals surface area contributed by atoms with Crippen molar-refractivity contribution >= 4 is 32.9 Å². The lowest BCUT2D eigenvalue weighted by molar-refractivity contribution is 0.619. The van der Waals surface area contributed by atoms with Crippen LogP contribution in [0.25, 0.3) is 11.0 Å². The van der Waals surface area contributed by atoms with Crippen molar-refractivity contribution in [1.82, 2.24) is 9.55 Å². The Labute approximate surface area is 104 Å². The first-order valence-electron chi connectivity index (χ1n) is 5.63. The monoisotopic (exact) mass is 281 g/mol. The fourth-order valence-electron chi connectivity index (χ4n) is 1.88.